The average molecular weight is 359 g/mol. The first-order chi connectivity index (χ1) is 8.62. The maximum Gasteiger partial charge on any atom is 0.417 e. The summed E-state index contributed by atoms with van der Waals surface area (Å²) in [4.78, 5) is 19.9. The highest BCUT2D eigenvalue weighted by Crippen LogP contribution is 2.42. The second-order valence-corrected chi connectivity index (χ2v) is 5.15. The van der Waals surface area contributed by atoms with Crippen molar-refractivity contribution in [3.8, 4) is 0 Å². The van der Waals surface area contributed by atoms with Crippen LogP contribution in [0.4, 0.5) is 18.9 Å². The van der Waals surface area contributed by atoms with Crippen molar-refractivity contribution in [2.24, 2.45) is 5.73 Å². The molecule has 19 heavy (non-hydrogen) atoms. The zero-order valence-electron chi connectivity index (χ0n) is 9.03. The summed E-state index contributed by atoms with van der Waals surface area (Å²) in [6.45, 7) is 0. The van der Waals surface area contributed by atoms with Gasteiger partial charge in [0.2, 0.25) is 5.91 Å². The van der Waals surface area contributed by atoms with Crippen molar-refractivity contribution >= 4 is 39.3 Å². The van der Waals surface area contributed by atoms with E-state index in [4.69, 9.17) is 5.73 Å². The highest BCUT2D eigenvalue weighted by molar-refractivity contribution is 9.10. The fourth-order valence-corrected chi connectivity index (χ4v) is 2.79. The van der Waals surface area contributed by atoms with E-state index in [0.29, 0.717) is 17.8 Å². The number of hydrogen-bond donors (Lipinski definition) is 1. The predicted molar refractivity (Wildman–Crippen MR) is 65.7 cm³/mol. The number of carbonyl (C=O) groups excluding carboxylic acids is 1. The summed E-state index contributed by atoms with van der Waals surface area (Å²) < 4.78 is 38.4. The van der Waals surface area contributed by atoms with Gasteiger partial charge in [-0.15, -0.1) is 11.8 Å². The Bertz CT molecular complexity index is 536. The van der Waals surface area contributed by atoms with Crippen LogP contribution >= 0.6 is 27.7 Å². The van der Waals surface area contributed by atoms with E-state index < -0.39 is 28.3 Å². The van der Waals surface area contributed by atoms with Gasteiger partial charge in [-0.25, -0.2) is 0 Å². The van der Waals surface area contributed by atoms with E-state index in [2.05, 4.69) is 15.9 Å². The van der Waals surface area contributed by atoms with Crippen LogP contribution in [-0.4, -0.2) is 16.6 Å². The number of alkyl halides is 3. The van der Waals surface area contributed by atoms with Gasteiger partial charge in [-0.1, -0.05) is 0 Å². The summed E-state index contributed by atoms with van der Waals surface area (Å²) in [5, 5.41) is 10.5. The van der Waals surface area contributed by atoms with Crippen molar-refractivity contribution in [3.05, 3.63) is 32.3 Å². The van der Waals surface area contributed by atoms with E-state index in [0.717, 1.165) is 6.07 Å². The number of halogens is 4. The third-order valence-electron chi connectivity index (χ3n) is 1.90. The number of nitrogens with zero attached hydrogens (tertiary/aromatic N) is 1. The lowest BCUT2D eigenvalue weighted by Crippen LogP contribution is -2.14. The fourth-order valence-electron chi connectivity index (χ4n) is 1.19. The molecular weight excluding hydrogens is 353 g/mol. The molecule has 0 fully saturated rings. The SMILES string of the molecule is NC(=O)CSc1c(Br)cc([N+](=O)[O-])cc1C(F)(F)F. The molecule has 1 rings (SSSR count). The van der Waals surface area contributed by atoms with E-state index in [1.807, 2.05) is 0 Å². The molecule has 0 spiro atoms. The molecule has 0 aliphatic rings. The summed E-state index contributed by atoms with van der Waals surface area (Å²) >= 11 is 3.40. The van der Waals surface area contributed by atoms with Crippen molar-refractivity contribution in [1.82, 2.24) is 0 Å². The molecule has 0 bridgehead atoms. The minimum absolute atomic E-state index is 0.111. The van der Waals surface area contributed by atoms with E-state index in [1.54, 1.807) is 0 Å². The van der Waals surface area contributed by atoms with Crippen LogP contribution in [0.25, 0.3) is 0 Å². The van der Waals surface area contributed by atoms with E-state index in [1.165, 1.54) is 0 Å². The van der Waals surface area contributed by atoms with Gasteiger partial charge in [0.1, 0.15) is 0 Å². The summed E-state index contributed by atoms with van der Waals surface area (Å²) in [6, 6.07) is 1.37. The maximum absolute atomic E-state index is 12.8. The van der Waals surface area contributed by atoms with Crippen LogP contribution in [0.2, 0.25) is 0 Å². The topological polar surface area (TPSA) is 86.2 Å². The summed E-state index contributed by atoms with van der Waals surface area (Å²) in [6.07, 6.45) is -4.77. The molecule has 0 heterocycles. The van der Waals surface area contributed by atoms with Crippen LogP contribution in [-0.2, 0) is 11.0 Å². The number of hydrogen-bond acceptors (Lipinski definition) is 4. The molecule has 104 valence electrons. The van der Waals surface area contributed by atoms with Crippen LogP contribution in [0, 0.1) is 10.1 Å². The Labute approximate surface area is 117 Å². The fraction of sp³-hybridized carbons (Fsp3) is 0.222. The molecule has 0 aliphatic heterocycles. The molecule has 0 saturated heterocycles. The lowest BCUT2D eigenvalue weighted by atomic mass is 10.2. The van der Waals surface area contributed by atoms with E-state index >= 15 is 0 Å². The maximum atomic E-state index is 12.8. The molecule has 0 aliphatic carbocycles. The minimum Gasteiger partial charge on any atom is -0.369 e. The van der Waals surface area contributed by atoms with Crippen LogP contribution in [0.3, 0.4) is 0 Å². The Balaban J connectivity index is 3.35. The normalized spacial score (nSPS) is 11.4. The van der Waals surface area contributed by atoms with Gasteiger partial charge in [0.15, 0.2) is 0 Å². The predicted octanol–water partition coefficient (Wildman–Crippen LogP) is 2.95. The molecule has 2 N–H and O–H groups in total. The molecule has 1 aromatic rings. The lowest BCUT2D eigenvalue weighted by Gasteiger charge is -2.13. The second kappa shape index (κ2) is 5.78. The van der Waals surface area contributed by atoms with Crippen molar-refractivity contribution in [2.75, 3.05) is 5.75 Å². The third kappa shape index (κ3) is 4.10. The largest absolute Gasteiger partial charge is 0.417 e. The van der Waals surface area contributed by atoms with Gasteiger partial charge in [0.05, 0.1) is 16.2 Å². The summed E-state index contributed by atoms with van der Waals surface area (Å²) in [5.41, 5.74) is 2.99. The van der Waals surface area contributed by atoms with Crippen LogP contribution in [0.5, 0.6) is 0 Å². The van der Waals surface area contributed by atoms with Gasteiger partial charge in [-0.2, -0.15) is 13.2 Å². The van der Waals surface area contributed by atoms with Gasteiger partial charge in [0, 0.05) is 21.5 Å². The molecule has 1 amide bonds. The molecular formula is C9H6BrF3N2O3S. The highest BCUT2D eigenvalue weighted by atomic mass is 79.9. The van der Waals surface area contributed by atoms with Gasteiger partial charge in [-0.05, 0) is 15.9 Å². The van der Waals surface area contributed by atoms with Gasteiger partial charge < -0.3 is 5.73 Å². The first-order valence-corrected chi connectivity index (χ1v) is 6.37. The Kier molecular flexibility index (Phi) is 4.80. The van der Waals surface area contributed by atoms with Gasteiger partial charge in [0.25, 0.3) is 5.69 Å². The average Bonchev–Trinajstić information content (AvgIpc) is 2.24. The first kappa shape index (κ1) is 15.8. The first-order valence-electron chi connectivity index (χ1n) is 4.59. The smallest absolute Gasteiger partial charge is 0.369 e. The van der Waals surface area contributed by atoms with Gasteiger partial charge in [-0.3, -0.25) is 14.9 Å². The standard InChI is InChI=1S/C9H6BrF3N2O3S/c10-6-2-4(15(17)18)1-5(9(11,12)13)8(6)19-3-7(14)16/h1-2H,3H2,(H2,14,16). The number of non-ortho nitro benzene ring substituents is 1. The number of primary amides is 1. The number of nitro groups is 1. The number of rotatable bonds is 4. The van der Waals surface area contributed by atoms with Crippen molar-refractivity contribution in [2.45, 2.75) is 11.1 Å². The number of amides is 1. The number of thioether (sulfide) groups is 1. The molecule has 10 heteroatoms. The summed E-state index contributed by atoms with van der Waals surface area (Å²) in [7, 11) is 0. The third-order valence-corrected chi connectivity index (χ3v) is 3.95. The molecule has 0 atom stereocenters. The Morgan fingerprint density at radius 2 is 2.05 bits per heavy atom. The van der Waals surface area contributed by atoms with E-state index in [-0.39, 0.29) is 15.1 Å². The monoisotopic (exact) mass is 358 g/mol. The van der Waals surface area contributed by atoms with Crippen LogP contribution < -0.4 is 5.73 Å². The number of nitro benzene ring substituents is 1. The van der Waals surface area contributed by atoms with Crippen molar-refractivity contribution in [1.29, 1.82) is 0 Å². The number of benzene rings is 1. The highest BCUT2D eigenvalue weighted by Gasteiger charge is 2.36. The molecule has 1 aromatic carbocycles. The zero-order valence-corrected chi connectivity index (χ0v) is 11.4. The van der Waals surface area contributed by atoms with E-state index in [9.17, 15) is 28.1 Å². The molecule has 5 nitrogen and oxygen atoms in total. The molecule has 0 aromatic heterocycles. The molecule has 0 unspecified atom stereocenters. The number of nitrogens with two attached hydrogens (primary N) is 1. The second-order valence-electron chi connectivity index (χ2n) is 3.31. The van der Waals surface area contributed by atoms with Crippen LogP contribution in [0.15, 0.2) is 21.5 Å². The van der Waals surface area contributed by atoms with Crippen molar-refractivity contribution < 1.29 is 22.9 Å². The zero-order chi connectivity index (χ0) is 14.8. The lowest BCUT2D eigenvalue weighted by molar-refractivity contribution is -0.385. The molecule has 0 saturated carbocycles. The Hall–Kier alpha value is -1.29. The quantitative estimate of drug-likeness (QED) is 0.509. The van der Waals surface area contributed by atoms with Crippen LogP contribution in [0.1, 0.15) is 5.56 Å². The Morgan fingerprint density at radius 3 is 2.47 bits per heavy atom. The Morgan fingerprint density at radius 1 is 1.47 bits per heavy atom. The summed E-state index contributed by atoms with van der Waals surface area (Å²) in [5.74, 6) is -1.15. The molecule has 0 radical (unpaired) electrons. The van der Waals surface area contributed by atoms with Crippen molar-refractivity contribution in [3.63, 3.8) is 0 Å². The number of carbonyl (C=O) groups is 1. The van der Waals surface area contributed by atoms with Gasteiger partial charge >= 0.3 is 6.18 Å². The minimum atomic E-state index is -4.77.